The van der Waals surface area contributed by atoms with Crippen molar-refractivity contribution in [3.8, 4) is 0 Å². The van der Waals surface area contributed by atoms with E-state index < -0.39 is 47.2 Å². The zero-order chi connectivity index (χ0) is 17.9. The second-order valence-electron chi connectivity index (χ2n) is 7.38. The van der Waals surface area contributed by atoms with E-state index in [-0.39, 0.29) is 0 Å². The molecule has 22 heavy (non-hydrogen) atoms. The Hall–Kier alpha value is -1.14. The fourth-order valence-electron chi connectivity index (χ4n) is 1.68. The summed E-state index contributed by atoms with van der Waals surface area (Å²) in [5, 5.41) is 21.0. The summed E-state index contributed by atoms with van der Waals surface area (Å²) >= 11 is 0. The molecule has 0 saturated carbocycles. The van der Waals surface area contributed by atoms with Gasteiger partial charge in [0.05, 0.1) is 23.9 Å². The Kier molecular flexibility index (Phi) is 7.03. The van der Waals surface area contributed by atoms with Crippen LogP contribution in [0.2, 0.25) is 0 Å². The fourth-order valence-corrected chi connectivity index (χ4v) is 1.68. The largest absolute Gasteiger partial charge is 0.398 e. The first kappa shape index (κ1) is 20.9. The molecule has 0 aliphatic carbocycles. The zero-order valence-corrected chi connectivity index (χ0v) is 14.8. The summed E-state index contributed by atoms with van der Waals surface area (Å²) in [7, 11) is 0. The van der Waals surface area contributed by atoms with Crippen molar-refractivity contribution in [2.45, 2.75) is 67.5 Å². The number of hydrogen-bond acceptors (Lipinski definition) is 6. The van der Waals surface area contributed by atoms with Crippen LogP contribution in [0.25, 0.3) is 0 Å². The highest BCUT2D eigenvalue weighted by molar-refractivity contribution is 5.74. The average Bonchev–Trinajstić information content (AvgIpc) is 2.35. The second kappa shape index (κ2) is 7.42. The molecule has 0 saturated heterocycles. The molecule has 2 N–H and O–H groups in total. The van der Waals surface area contributed by atoms with E-state index in [1.54, 1.807) is 48.5 Å². The van der Waals surface area contributed by atoms with E-state index in [1.807, 2.05) is 0 Å². The molecule has 0 rings (SSSR count). The predicted molar refractivity (Wildman–Crippen MR) is 81.4 cm³/mol. The highest BCUT2D eigenvalue weighted by Gasteiger charge is 2.49. The summed E-state index contributed by atoms with van der Waals surface area (Å²) < 4.78 is 10.0. The van der Waals surface area contributed by atoms with E-state index in [4.69, 9.17) is 9.47 Å². The smallest absolute Gasteiger partial charge is 0.378 e. The van der Waals surface area contributed by atoms with Crippen LogP contribution in [0.4, 0.5) is 0 Å². The molecule has 0 aromatic carbocycles. The minimum Gasteiger partial charge on any atom is -0.398 e. The van der Waals surface area contributed by atoms with E-state index in [0.717, 1.165) is 0 Å². The average molecular weight is 318 g/mol. The topological polar surface area (TPSA) is 93.1 Å². The van der Waals surface area contributed by atoms with Gasteiger partial charge in [0.2, 0.25) is 0 Å². The molecule has 0 spiro atoms. The maximum Gasteiger partial charge on any atom is 0.378 e. The lowest BCUT2D eigenvalue weighted by molar-refractivity contribution is -0.362. The molecule has 0 aromatic heterocycles. The third-order valence-electron chi connectivity index (χ3n) is 3.37. The van der Waals surface area contributed by atoms with Gasteiger partial charge in [0.25, 0.3) is 0 Å². The molecule has 2 unspecified atom stereocenters. The molecule has 0 aromatic rings. The van der Waals surface area contributed by atoms with Gasteiger partial charge in [0, 0.05) is 0 Å². The second-order valence-corrected chi connectivity index (χ2v) is 7.38. The Morgan fingerprint density at radius 2 is 1.18 bits per heavy atom. The van der Waals surface area contributed by atoms with Crippen LogP contribution in [0.5, 0.6) is 0 Å². The minimum atomic E-state index is -2.50. The summed E-state index contributed by atoms with van der Waals surface area (Å²) in [5.74, 6) is -5.97. The van der Waals surface area contributed by atoms with Gasteiger partial charge < -0.3 is 19.7 Å². The number of rotatable bonds is 6. The summed E-state index contributed by atoms with van der Waals surface area (Å²) in [6.45, 7) is 13.2. The van der Waals surface area contributed by atoms with Crippen LogP contribution < -0.4 is 0 Å². The van der Waals surface area contributed by atoms with Crippen molar-refractivity contribution in [1.29, 1.82) is 0 Å². The molecule has 130 valence electrons. The molecule has 0 bridgehead atoms. The van der Waals surface area contributed by atoms with Crippen LogP contribution in [0.3, 0.4) is 0 Å². The van der Waals surface area contributed by atoms with Gasteiger partial charge in [0.1, 0.15) is 0 Å². The van der Waals surface area contributed by atoms with Crippen molar-refractivity contribution in [3.05, 3.63) is 0 Å². The van der Waals surface area contributed by atoms with Gasteiger partial charge in [0.15, 0.2) is 0 Å². The molecule has 0 amide bonds. The van der Waals surface area contributed by atoms with E-state index in [0.29, 0.717) is 0 Å². The van der Waals surface area contributed by atoms with Gasteiger partial charge in [-0.2, -0.15) is 0 Å². The zero-order valence-electron chi connectivity index (χ0n) is 14.8. The number of aliphatic hydroxyl groups excluding tert-OH is 1. The lowest BCUT2D eigenvalue weighted by atomic mass is 9.81. The first-order chi connectivity index (χ1) is 9.72. The van der Waals surface area contributed by atoms with Gasteiger partial charge in [-0.1, -0.05) is 48.5 Å². The van der Waals surface area contributed by atoms with Crippen LogP contribution in [0.15, 0.2) is 0 Å². The third kappa shape index (κ3) is 5.57. The van der Waals surface area contributed by atoms with E-state index in [2.05, 4.69) is 0 Å². The normalized spacial score (nSPS) is 15.6. The summed E-state index contributed by atoms with van der Waals surface area (Å²) in [5.41, 5.74) is -0.595. The Morgan fingerprint density at radius 3 is 1.41 bits per heavy atom. The van der Waals surface area contributed by atoms with Crippen LogP contribution in [0, 0.1) is 23.2 Å². The van der Waals surface area contributed by atoms with E-state index >= 15 is 0 Å². The quantitative estimate of drug-likeness (QED) is 0.575. The van der Waals surface area contributed by atoms with Gasteiger partial charge in [-0.3, -0.25) is 9.59 Å². The van der Waals surface area contributed by atoms with Crippen LogP contribution in [-0.4, -0.2) is 34.2 Å². The summed E-state index contributed by atoms with van der Waals surface area (Å²) in [4.78, 5) is 23.7. The monoisotopic (exact) mass is 318 g/mol. The first-order valence-corrected chi connectivity index (χ1v) is 7.58. The summed E-state index contributed by atoms with van der Waals surface area (Å²) in [6, 6.07) is 0. The number of aliphatic hydroxyl groups is 2. The Balaban J connectivity index is 5.49. The minimum absolute atomic E-state index is 0.511. The lowest BCUT2D eigenvalue weighted by Crippen LogP contribution is -2.53. The molecule has 0 aliphatic rings. The van der Waals surface area contributed by atoms with Gasteiger partial charge in [-0.15, -0.1) is 0 Å². The number of hydrogen-bond donors (Lipinski definition) is 2. The molecular formula is C16H30O6. The lowest BCUT2D eigenvalue weighted by Gasteiger charge is -2.39. The Morgan fingerprint density at radius 1 is 0.864 bits per heavy atom. The van der Waals surface area contributed by atoms with E-state index in [1.165, 1.54) is 6.92 Å². The van der Waals surface area contributed by atoms with Crippen molar-refractivity contribution in [3.63, 3.8) is 0 Å². The third-order valence-corrected chi connectivity index (χ3v) is 3.37. The standard InChI is InChI=1S/C16H30O6/c1-9(2)13(18)21-16(20,22-14(19)10(3)4)11(5)12(17)15(6,7)8/h9-12,17,20H,1-8H3. The van der Waals surface area contributed by atoms with Crippen molar-refractivity contribution < 1.29 is 29.3 Å². The van der Waals surface area contributed by atoms with Gasteiger partial charge >= 0.3 is 17.9 Å². The molecule has 0 radical (unpaired) electrons. The van der Waals surface area contributed by atoms with Gasteiger partial charge in [-0.05, 0) is 12.3 Å². The number of carbonyl (C=O) groups is 2. The number of ether oxygens (including phenoxy) is 2. The molecule has 6 heteroatoms. The maximum absolute atomic E-state index is 11.8. The number of esters is 2. The molecule has 6 nitrogen and oxygen atoms in total. The highest BCUT2D eigenvalue weighted by Crippen LogP contribution is 2.34. The summed E-state index contributed by atoms with van der Waals surface area (Å²) in [6.07, 6.45) is -1.06. The number of carbonyl (C=O) groups excluding carboxylic acids is 2. The van der Waals surface area contributed by atoms with Crippen LogP contribution in [-0.2, 0) is 19.1 Å². The Labute approximate surface area is 132 Å². The predicted octanol–water partition coefficient (Wildman–Crippen LogP) is 2.07. The van der Waals surface area contributed by atoms with E-state index in [9.17, 15) is 19.8 Å². The van der Waals surface area contributed by atoms with Crippen molar-refractivity contribution in [2.24, 2.45) is 23.2 Å². The maximum atomic E-state index is 11.8. The molecule has 0 heterocycles. The first-order valence-electron chi connectivity index (χ1n) is 7.58. The van der Waals surface area contributed by atoms with Crippen LogP contribution in [0.1, 0.15) is 55.4 Å². The molecule has 2 atom stereocenters. The Bertz CT molecular complexity index is 372. The van der Waals surface area contributed by atoms with Crippen molar-refractivity contribution >= 4 is 11.9 Å². The highest BCUT2D eigenvalue weighted by atomic mass is 16.8. The van der Waals surface area contributed by atoms with Crippen molar-refractivity contribution in [2.75, 3.05) is 0 Å². The van der Waals surface area contributed by atoms with Gasteiger partial charge in [-0.25, -0.2) is 0 Å². The SMILES string of the molecule is CC(C)C(=O)OC(O)(OC(=O)C(C)C)C(C)C(O)C(C)(C)C. The molecule has 0 fully saturated rings. The van der Waals surface area contributed by atoms with Crippen LogP contribution >= 0.6 is 0 Å². The molecule has 0 aliphatic heterocycles. The fraction of sp³-hybridized carbons (Fsp3) is 0.875. The van der Waals surface area contributed by atoms with Crippen molar-refractivity contribution in [1.82, 2.24) is 0 Å². The molecular weight excluding hydrogens is 288 g/mol.